The summed E-state index contributed by atoms with van der Waals surface area (Å²) >= 11 is 2.81. The van der Waals surface area contributed by atoms with E-state index in [2.05, 4.69) is 6.92 Å². The average Bonchev–Trinajstić information content (AvgIpc) is 3.05. The lowest BCUT2D eigenvalue weighted by Crippen LogP contribution is -2.30. The van der Waals surface area contributed by atoms with E-state index in [-0.39, 0.29) is 11.1 Å². The van der Waals surface area contributed by atoms with Gasteiger partial charge >= 0.3 is 0 Å². The lowest BCUT2D eigenvalue weighted by molar-refractivity contribution is 0.983. The highest BCUT2D eigenvalue weighted by atomic mass is 32.2. The number of nitriles is 2. The SMILES string of the molecule is CCc1ccc(-n2c(=C(C#N)C#N)s/c(=C/c3ccc(SC)cc3)c2=O)cc1. The maximum Gasteiger partial charge on any atom is 0.273 e. The van der Waals surface area contributed by atoms with Crippen molar-refractivity contribution < 1.29 is 0 Å². The first-order chi connectivity index (χ1) is 13.6. The van der Waals surface area contributed by atoms with Crippen LogP contribution in [0.1, 0.15) is 18.1 Å². The number of nitrogens with zero attached hydrogens (tertiary/aromatic N) is 3. The van der Waals surface area contributed by atoms with Gasteiger partial charge in [-0.05, 0) is 54.1 Å². The van der Waals surface area contributed by atoms with Crippen molar-refractivity contribution in [3.63, 3.8) is 0 Å². The molecule has 138 valence electrons. The van der Waals surface area contributed by atoms with Gasteiger partial charge in [0.05, 0.1) is 10.2 Å². The van der Waals surface area contributed by atoms with Crippen LogP contribution in [0.4, 0.5) is 0 Å². The third-order valence-electron chi connectivity index (χ3n) is 4.28. The zero-order chi connectivity index (χ0) is 20.1. The molecule has 3 rings (SSSR count). The van der Waals surface area contributed by atoms with Crippen LogP contribution in [0.2, 0.25) is 0 Å². The molecular weight excluding hydrogens is 386 g/mol. The molecule has 0 aliphatic carbocycles. The molecule has 6 heteroatoms. The Bertz CT molecular complexity index is 1240. The largest absolute Gasteiger partial charge is 0.273 e. The molecule has 0 amide bonds. The minimum absolute atomic E-state index is 0.0703. The number of hydrogen-bond donors (Lipinski definition) is 0. The topological polar surface area (TPSA) is 69.6 Å². The van der Waals surface area contributed by atoms with Crippen molar-refractivity contribution in [3.05, 3.63) is 79.2 Å². The highest BCUT2D eigenvalue weighted by molar-refractivity contribution is 7.98. The molecule has 28 heavy (non-hydrogen) atoms. The highest BCUT2D eigenvalue weighted by Crippen LogP contribution is 2.15. The van der Waals surface area contributed by atoms with Crippen molar-refractivity contribution >= 4 is 34.7 Å². The van der Waals surface area contributed by atoms with Gasteiger partial charge in [-0.3, -0.25) is 9.36 Å². The van der Waals surface area contributed by atoms with Gasteiger partial charge in [-0.2, -0.15) is 10.5 Å². The maximum atomic E-state index is 13.1. The van der Waals surface area contributed by atoms with E-state index in [9.17, 15) is 15.3 Å². The van der Waals surface area contributed by atoms with Gasteiger partial charge in [0.15, 0.2) is 5.57 Å². The molecule has 2 aromatic carbocycles. The molecule has 0 spiro atoms. The third-order valence-corrected chi connectivity index (χ3v) is 6.11. The van der Waals surface area contributed by atoms with Crippen LogP contribution in [0.5, 0.6) is 0 Å². The summed E-state index contributed by atoms with van der Waals surface area (Å²) in [7, 11) is 0. The Balaban J connectivity index is 2.28. The Kier molecular flexibility index (Phi) is 6.16. The molecular formula is C22H17N3OS2. The van der Waals surface area contributed by atoms with E-state index in [1.165, 1.54) is 4.57 Å². The van der Waals surface area contributed by atoms with E-state index < -0.39 is 0 Å². The van der Waals surface area contributed by atoms with Gasteiger partial charge in [-0.15, -0.1) is 23.1 Å². The number of rotatable bonds is 4. The number of benzene rings is 2. The van der Waals surface area contributed by atoms with E-state index in [1.54, 1.807) is 17.8 Å². The van der Waals surface area contributed by atoms with Crippen LogP contribution < -0.4 is 14.8 Å². The fraction of sp³-hybridized carbons (Fsp3) is 0.136. The van der Waals surface area contributed by atoms with Crippen LogP contribution in [0.3, 0.4) is 0 Å². The van der Waals surface area contributed by atoms with Crippen molar-refractivity contribution in [2.75, 3.05) is 6.26 Å². The van der Waals surface area contributed by atoms with Crippen LogP contribution >= 0.6 is 23.1 Å². The molecule has 1 heterocycles. The van der Waals surface area contributed by atoms with Crippen LogP contribution in [-0.4, -0.2) is 10.8 Å². The molecule has 0 bridgehead atoms. The van der Waals surface area contributed by atoms with Gasteiger partial charge in [0.2, 0.25) is 0 Å². The Morgan fingerprint density at radius 2 is 1.75 bits per heavy atom. The van der Waals surface area contributed by atoms with Crippen LogP contribution in [0.15, 0.2) is 58.2 Å². The second kappa shape index (κ2) is 8.75. The molecule has 0 saturated carbocycles. The molecule has 3 aromatic rings. The fourth-order valence-electron chi connectivity index (χ4n) is 2.74. The van der Waals surface area contributed by atoms with E-state index in [1.807, 2.05) is 66.9 Å². The molecule has 1 aromatic heterocycles. The van der Waals surface area contributed by atoms with Crippen LogP contribution in [-0.2, 0) is 6.42 Å². The zero-order valence-electron chi connectivity index (χ0n) is 15.5. The summed E-state index contributed by atoms with van der Waals surface area (Å²) in [5.41, 5.74) is 2.39. The van der Waals surface area contributed by atoms with Crippen LogP contribution in [0.25, 0.3) is 17.3 Å². The van der Waals surface area contributed by atoms with Gasteiger partial charge < -0.3 is 0 Å². The Morgan fingerprint density at radius 3 is 2.29 bits per heavy atom. The molecule has 0 aliphatic rings. The van der Waals surface area contributed by atoms with E-state index in [0.717, 1.165) is 33.8 Å². The number of thiazole rings is 1. The predicted molar refractivity (Wildman–Crippen MR) is 115 cm³/mol. The zero-order valence-corrected chi connectivity index (χ0v) is 17.1. The Labute approximate surface area is 171 Å². The smallest absolute Gasteiger partial charge is 0.267 e. The molecule has 4 nitrogen and oxygen atoms in total. The first-order valence-electron chi connectivity index (χ1n) is 8.62. The summed E-state index contributed by atoms with van der Waals surface area (Å²) in [5, 5.41) is 18.7. The first kappa shape index (κ1) is 19.7. The van der Waals surface area contributed by atoms with Gasteiger partial charge in [0.1, 0.15) is 16.8 Å². The number of hydrogen-bond acceptors (Lipinski definition) is 5. The lowest BCUT2D eigenvalue weighted by atomic mass is 10.1. The minimum Gasteiger partial charge on any atom is -0.267 e. The number of thioether (sulfide) groups is 1. The lowest BCUT2D eigenvalue weighted by Gasteiger charge is -2.03. The molecule has 0 aliphatic heterocycles. The van der Waals surface area contributed by atoms with E-state index >= 15 is 0 Å². The summed E-state index contributed by atoms with van der Waals surface area (Å²) in [6, 6.07) is 19.3. The molecule has 0 radical (unpaired) electrons. The van der Waals surface area contributed by atoms with Crippen molar-refractivity contribution in [3.8, 4) is 17.8 Å². The highest BCUT2D eigenvalue weighted by Gasteiger charge is 2.11. The van der Waals surface area contributed by atoms with Gasteiger partial charge in [0, 0.05) is 4.90 Å². The standard InChI is InChI=1S/C22H17N3OS2/c1-3-15-4-8-18(9-5-15)25-21(26)20(28-22(25)17(13-23)14-24)12-16-6-10-19(27-2)11-7-16/h4-12H,3H2,1-2H3/b20-12+. The summed E-state index contributed by atoms with van der Waals surface area (Å²) in [6.45, 7) is 2.06. The Morgan fingerprint density at radius 1 is 1.11 bits per heavy atom. The second-order valence-electron chi connectivity index (χ2n) is 5.95. The number of aryl methyl sites for hydroxylation is 1. The van der Waals surface area contributed by atoms with Gasteiger partial charge in [-0.1, -0.05) is 31.2 Å². The fourth-order valence-corrected chi connectivity index (χ4v) is 4.20. The van der Waals surface area contributed by atoms with Crippen LogP contribution in [0, 0.1) is 22.7 Å². The molecule has 0 N–H and O–H groups in total. The van der Waals surface area contributed by atoms with Crippen molar-refractivity contribution in [2.24, 2.45) is 0 Å². The molecule has 0 unspecified atom stereocenters. The Hall–Kier alpha value is -3.06. The average molecular weight is 404 g/mol. The van der Waals surface area contributed by atoms with Gasteiger partial charge in [-0.25, -0.2) is 0 Å². The first-order valence-corrected chi connectivity index (χ1v) is 10.7. The molecule has 0 atom stereocenters. The van der Waals surface area contributed by atoms with E-state index in [4.69, 9.17) is 0 Å². The summed E-state index contributed by atoms with van der Waals surface area (Å²) in [6.07, 6.45) is 4.70. The van der Waals surface area contributed by atoms with Crippen molar-refractivity contribution in [1.29, 1.82) is 10.5 Å². The van der Waals surface area contributed by atoms with Crippen molar-refractivity contribution in [2.45, 2.75) is 18.2 Å². The minimum atomic E-state index is -0.235. The summed E-state index contributed by atoms with van der Waals surface area (Å²) in [4.78, 5) is 14.3. The number of aromatic nitrogens is 1. The molecule has 0 fully saturated rings. The summed E-state index contributed by atoms with van der Waals surface area (Å²) in [5.74, 6) is 0. The van der Waals surface area contributed by atoms with E-state index in [0.29, 0.717) is 14.9 Å². The molecule has 0 saturated heterocycles. The monoisotopic (exact) mass is 403 g/mol. The van der Waals surface area contributed by atoms with Crippen molar-refractivity contribution in [1.82, 2.24) is 4.57 Å². The summed E-state index contributed by atoms with van der Waals surface area (Å²) < 4.78 is 2.29. The predicted octanol–water partition coefficient (Wildman–Crippen LogP) is 3.21. The van der Waals surface area contributed by atoms with Gasteiger partial charge in [0.25, 0.3) is 5.56 Å². The second-order valence-corrected chi connectivity index (χ2v) is 7.86. The quantitative estimate of drug-likeness (QED) is 0.627. The third kappa shape index (κ3) is 3.94. The normalized spacial score (nSPS) is 11.1. The maximum absolute atomic E-state index is 13.1.